The Bertz CT molecular complexity index is 704. The zero-order chi connectivity index (χ0) is 18.2. The molecule has 5 nitrogen and oxygen atoms in total. The number of rotatable bonds is 9. The SMILES string of the molecule is COc1cc(CNC(C)Cc2ccc(Cl)cc2)ccc1OCC(N)=O. The number of primary amides is 1. The summed E-state index contributed by atoms with van der Waals surface area (Å²) in [4.78, 5) is 10.8. The van der Waals surface area contributed by atoms with Crippen molar-refractivity contribution in [3.8, 4) is 11.5 Å². The third-order valence-electron chi connectivity index (χ3n) is 3.71. The highest BCUT2D eigenvalue weighted by Crippen LogP contribution is 2.28. The van der Waals surface area contributed by atoms with E-state index in [0.717, 1.165) is 17.0 Å². The number of hydrogen-bond donors (Lipinski definition) is 2. The van der Waals surface area contributed by atoms with Crippen molar-refractivity contribution in [2.24, 2.45) is 5.73 Å². The van der Waals surface area contributed by atoms with E-state index in [0.29, 0.717) is 24.1 Å². The molecule has 0 aliphatic rings. The van der Waals surface area contributed by atoms with Gasteiger partial charge in [0.25, 0.3) is 5.91 Å². The molecule has 0 saturated heterocycles. The minimum Gasteiger partial charge on any atom is -0.493 e. The van der Waals surface area contributed by atoms with Crippen molar-refractivity contribution in [3.63, 3.8) is 0 Å². The van der Waals surface area contributed by atoms with Crippen molar-refractivity contribution in [1.29, 1.82) is 0 Å². The van der Waals surface area contributed by atoms with Gasteiger partial charge in [-0.25, -0.2) is 0 Å². The predicted molar refractivity (Wildman–Crippen MR) is 99.1 cm³/mol. The van der Waals surface area contributed by atoms with Crippen LogP contribution in [0.2, 0.25) is 5.02 Å². The summed E-state index contributed by atoms with van der Waals surface area (Å²) in [7, 11) is 1.56. The highest BCUT2D eigenvalue weighted by Gasteiger charge is 2.09. The smallest absolute Gasteiger partial charge is 0.255 e. The Kier molecular flexibility index (Phi) is 7.10. The molecule has 0 spiro atoms. The number of ether oxygens (including phenoxy) is 2. The molecule has 1 amide bonds. The Morgan fingerprint density at radius 2 is 1.84 bits per heavy atom. The normalized spacial score (nSPS) is 11.8. The summed E-state index contributed by atoms with van der Waals surface area (Å²) in [6, 6.07) is 13.8. The molecule has 2 aromatic carbocycles. The molecular formula is C19H23ClN2O3. The predicted octanol–water partition coefficient (Wildman–Crippen LogP) is 2.93. The minimum absolute atomic E-state index is 0.175. The van der Waals surface area contributed by atoms with E-state index < -0.39 is 5.91 Å². The van der Waals surface area contributed by atoms with Crippen LogP contribution in [0.4, 0.5) is 0 Å². The van der Waals surface area contributed by atoms with E-state index in [9.17, 15) is 4.79 Å². The quantitative estimate of drug-likeness (QED) is 0.719. The van der Waals surface area contributed by atoms with E-state index in [1.54, 1.807) is 13.2 Å². The third-order valence-corrected chi connectivity index (χ3v) is 3.96. The number of amides is 1. The van der Waals surface area contributed by atoms with E-state index in [1.165, 1.54) is 5.56 Å². The lowest BCUT2D eigenvalue weighted by atomic mass is 10.1. The topological polar surface area (TPSA) is 73.6 Å². The fourth-order valence-corrected chi connectivity index (χ4v) is 2.55. The van der Waals surface area contributed by atoms with E-state index in [-0.39, 0.29) is 6.61 Å². The molecule has 2 aromatic rings. The monoisotopic (exact) mass is 362 g/mol. The van der Waals surface area contributed by atoms with Crippen molar-refractivity contribution in [2.45, 2.75) is 25.9 Å². The van der Waals surface area contributed by atoms with Crippen LogP contribution in [-0.2, 0) is 17.8 Å². The van der Waals surface area contributed by atoms with Crippen LogP contribution in [0.5, 0.6) is 11.5 Å². The van der Waals surface area contributed by atoms with Crippen molar-refractivity contribution in [2.75, 3.05) is 13.7 Å². The number of carbonyl (C=O) groups excluding carboxylic acids is 1. The van der Waals surface area contributed by atoms with Gasteiger partial charge in [0, 0.05) is 17.6 Å². The summed E-state index contributed by atoms with van der Waals surface area (Å²) in [6.45, 7) is 2.66. The van der Waals surface area contributed by atoms with Gasteiger partial charge >= 0.3 is 0 Å². The lowest BCUT2D eigenvalue weighted by Crippen LogP contribution is -2.27. The highest BCUT2D eigenvalue weighted by molar-refractivity contribution is 6.30. The molecule has 134 valence electrons. The fraction of sp³-hybridized carbons (Fsp3) is 0.316. The first-order valence-corrected chi connectivity index (χ1v) is 8.41. The van der Waals surface area contributed by atoms with Gasteiger partial charge in [0.1, 0.15) is 0 Å². The van der Waals surface area contributed by atoms with Crippen molar-refractivity contribution in [3.05, 3.63) is 58.6 Å². The van der Waals surface area contributed by atoms with Gasteiger partial charge in [0.15, 0.2) is 18.1 Å². The van der Waals surface area contributed by atoms with Crippen LogP contribution < -0.4 is 20.5 Å². The molecule has 6 heteroatoms. The fourth-order valence-electron chi connectivity index (χ4n) is 2.43. The van der Waals surface area contributed by atoms with E-state index in [1.807, 2.05) is 36.4 Å². The molecule has 1 unspecified atom stereocenters. The van der Waals surface area contributed by atoms with E-state index in [4.69, 9.17) is 26.8 Å². The minimum atomic E-state index is -0.524. The van der Waals surface area contributed by atoms with Crippen LogP contribution in [-0.4, -0.2) is 25.7 Å². The van der Waals surface area contributed by atoms with Crippen LogP contribution in [0.15, 0.2) is 42.5 Å². The largest absolute Gasteiger partial charge is 0.493 e. The highest BCUT2D eigenvalue weighted by atomic mass is 35.5. The Labute approximate surface area is 153 Å². The average Bonchev–Trinajstić information content (AvgIpc) is 2.60. The van der Waals surface area contributed by atoms with Gasteiger partial charge in [-0.2, -0.15) is 0 Å². The first-order valence-electron chi connectivity index (χ1n) is 8.03. The summed E-state index contributed by atoms with van der Waals surface area (Å²) >= 11 is 5.91. The van der Waals surface area contributed by atoms with Crippen LogP contribution in [0.1, 0.15) is 18.1 Å². The standard InChI is InChI=1S/C19H23ClN2O3/c1-13(9-14-3-6-16(20)7-4-14)22-11-15-5-8-17(18(10-15)24-2)25-12-19(21)23/h3-8,10,13,22H,9,11-12H2,1-2H3,(H2,21,23). The zero-order valence-corrected chi connectivity index (χ0v) is 15.2. The molecule has 0 heterocycles. The molecule has 0 fully saturated rings. The Morgan fingerprint density at radius 3 is 2.48 bits per heavy atom. The Hall–Kier alpha value is -2.24. The van der Waals surface area contributed by atoms with Crippen LogP contribution in [0, 0.1) is 0 Å². The first-order chi connectivity index (χ1) is 12.0. The van der Waals surface area contributed by atoms with Crippen LogP contribution >= 0.6 is 11.6 Å². The molecule has 0 saturated carbocycles. The summed E-state index contributed by atoms with van der Waals surface area (Å²) in [5.74, 6) is 0.550. The molecule has 2 rings (SSSR count). The number of halogens is 1. The molecule has 0 aromatic heterocycles. The second-order valence-corrected chi connectivity index (χ2v) is 6.29. The maximum absolute atomic E-state index is 10.8. The molecule has 25 heavy (non-hydrogen) atoms. The van der Waals surface area contributed by atoms with Gasteiger partial charge in [-0.3, -0.25) is 4.79 Å². The number of benzene rings is 2. The number of nitrogens with one attached hydrogen (secondary N) is 1. The first kappa shape index (κ1) is 19.1. The summed E-state index contributed by atoms with van der Waals surface area (Å²) in [5.41, 5.74) is 7.39. The van der Waals surface area contributed by atoms with E-state index in [2.05, 4.69) is 12.2 Å². The number of carbonyl (C=O) groups is 1. The molecule has 1 atom stereocenters. The maximum Gasteiger partial charge on any atom is 0.255 e. The van der Waals surface area contributed by atoms with Crippen LogP contribution in [0.3, 0.4) is 0 Å². The number of hydrogen-bond acceptors (Lipinski definition) is 4. The lowest BCUT2D eigenvalue weighted by molar-refractivity contribution is -0.119. The number of nitrogens with two attached hydrogens (primary N) is 1. The molecule has 3 N–H and O–H groups in total. The second kappa shape index (κ2) is 9.30. The second-order valence-electron chi connectivity index (χ2n) is 5.85. The average molecular weight is 363 g/mol. The molecule has 0 aliphatic carbocycles. The Balaban J connectivity index is 1.91. The molecule has 0 radical (unpaired) electrons. The third kappa shape index (κ3) is 6.29. The van der Waals surface area contributed by atoms with Gasteiger partial charge in [0.05, 0.1) is 7.11 Å². The summed E-state index contributed by atoms with van der Waals surface area (Å²) < 4.78 is 10.6. The van der Waals surface area contributed by atoms with Gasteiger partial charge < -0.3 is 20.5 Å². The molecular weight excluding hydrogens is 340 g/mol. The zero-order valence-electron chi connectivity index (χ0n) is 14.4. The van der Waals surface area contributed by atoms with Crippen molar-refractivity contribution >= 4 is 17.5 Å². The maximum atomic E-state index is 10.8. The van der Waals surface area contributed by atoms with E-state index >= 15 is 0 Å². The van der Waals surface area contributed by atoms with Gasteiger partial charge in [-0.05, 0) is 48.7 Å². The van der Waals surface area contributed by atoms with Gasteiger partial charge in [0.2, 0.25) is 0 Å². The summed E-state index contributed by atoms with van der Waals surface area (Å²) in [5, 5.41) is 4.22. The number of methoxy groups -OCH3 is 1. The van der Waals surface area contributed by atoms with Crippen LogP contribution in [0.25, 0.3) is 0 Å². The molecule has 0 aliphatic heterocycles. The van der Waals surface area contributed by atoms with Gasteiger partial charge in [-0.15, -0.1) is 0 Å². The van der Waals surface area contributed by atoms with Crippen molar-refractivity contribution in [1.82, 2.24) is 5.32 Å². The van der Waals surface area contributed by atoms with Crippen molar-refractivity contribution < 1.29 is 14.3 Å². The lowest BCUT2D eigenvalue weighted by Gasteiger charge is -2.15. The Morgan fingerprint density at radius 1 is 1.16 bits per heavy atom. The summed E-state index contributed by atoms with van der Waals surface area (Å²) in [6.07, 6.45) is 0.911. The van der Waals surface area contributed by atoms with Gasteiger partial charge in [-0.1, -0.05) is 29.8 Å². The molecule has 0 bridgehead atoms.